The van der Waals surface area contributed by atoms with E-state index >= 15 is 0 Å². The summed E-state index contributed by atoms with van der Waals surface area (Å²) >= 11 is 0. The van der Waals surface area contributed by atoms with Gasteiger partial charge in [-0.2, -0.15) is 5.26 Å². The Balaban J connectivity index is 1.40. The van der Waals surface area contributed by atoms with E-state index in [2.05, 4.69) is 23.5 Å². The van der Waals surface area contributed by atoms with Gasteiger partial charge < -0.3 is 19.9 Å². The monoisotopic (exact) mass is 606 g/mol. The van der Waals surface area contributed by atoms with Crippen molar-refractivity contribution in [2.75, 3.05) is 13.2 Å². The Hall–Kier alpha value is -4.48. The zero-order valence-corrected chi connectivity index (χ0v) is 25.9. The third-order valence-corrected chi connectivity index (χ3v) is 8.97. The number of hydrogen-bond donors (Lipinski definition) is 1. The van der Waals surface area contributed by atoms with Crippen LogP contribution in [-0.4, -0.2) is 52.9 Å². The zero-order valence-electron chi connectivity index (χ0n) is 25.9. The van der Waals surface area contributed by atoms with Crippen molar-refractivity contribution in [3.8, 4) is 6.07 Å². The van der Waals surface area contributed by atoms with Gasteiger partial charge in [0, 0.05) is 44.9 Å². The van der Waals surface area contributed by atoms with E-state index in [1.165, 1.54) is 5.56 Å². The highest BCUT2D eigenvalue weighted by atomic mass is 16.5. The van der Waals surface area contributed by atoms with Gasteiger partial charge in [0.05, 0.1) is 18.7 Å². The van der Waals surface area contributed by atoms with Crippen LogP contribution in [0, 0.1) is 30.1 Å². The molecule has 8 heteroatoms. The van der Waals surface area contributed by atoms with E-state index < -0.39 is 12.2 Å². The van der Waals surface area contributed by atoms with Crippen LogP contribution in [0.1, 0.15) is 54.4 Å². The molecule has 5 rings (SSSR count). The predicted octanol–water partition coefficient (Wildman–Crippen LogP) is 5.79. The molecule has 3 amide bonds. The van der Waals surface area contributed by atoms with Crippen molar-refractivity contribution in [1.82, 2.24) is 15.1 Å². The Morgan fingerprint density at radius 3 is 2.33 bits per heavy atom. The molecule has 2 aliphatic heterocycles. The zero-order chi connectivity index (χ0) is 31.6. The molecule has 2 saturated heterocycles. The van der Waals surface area contributed by atoms with Crippen molar-refractivity contribution >= 4 is 17.7 Å². The molecule has 0 bridgehead atoms. The molecule has 0 aromatic heterocycles. The quantitative estimate of drug-likeness (QED) is 0.294. The number of Topliss-reactive ketones (excluding diaryl/α,β-unsaturated/α-hetero) is 1. The van der Waals surface area contributed by atoms with Gasteiger partial charge in [-0.05, 0) is 48.8 Å². The van der Waals surface area contributed by atoms with E-state index in [0.29, 0.717) is 52.0 Å². The van der Waals surface area contributed by atoms with E-state index in [1.807, 2.05) is 79.7 Å². The van der Waals surface area contributed by atoms with Crippen molar-refractivity contribution in [1.29, 1.82) is 5.26 Å². The molecule has 8 nitrogen and oxygen atoms in total. The Morgan fingerprint density at radius 1 is 0.956 bits per heavy atom. The van der Waals surface area contributed by atoms with E-state index in [0.717, 1.165) is 16.7 Å². The number of ketones is 1. The molecule has 0 radical (unpaired) electrons. The normalized spacial score (nSPS) is 21.8. The third kappa shape index (κ3) is 8.37. The molecule has 3 aromatic carbocycles. The van der Waals surface area contributed by atoms with Crippen LogP contribution in [0.5, 0.6) is 0 Å². The third-order valence-electron chi connectivity index (χ3n) is 8.97. The fourth-order valence-corrected chi connectivity index (χ4v) is 6.46. The fourth-order valence-electron chi connectivity index (χ4n) is 6.46. The number of aryl methyl sites for hydroxylation is 1. The van der Waals surface area contributed by atoms with Gasteiger partial charge in [-0.1, -0.05) is 90.5 Å². The molecule has 2 aliphatic rings. The molecule has 4 atom stereocenters. The lowest BCUT2D eigenvalue weighted by Gasteiger charge is -2.50. The van der Waals surface area contributed by atoms with Crippen LogP contribution in [-0.2, 0) is 33.9 Å². The van der Waals surface area contributed by atoms with Crippen LogP contribution in [0.25, 0.3) is 0 Å². The van der Waals surface area contributed by atoms with Crippen LogP contribution >= 0.6 is 0 Å². The molecular weight excluding hydrogens is 564 g/mol. The molecule has 1 N–H and O–H groups in total. The highest BCUT2D eigenvalue weighted by Gasteiger charge is 2.48. The summed E-state index contributed by atoms with van der Waals surface area (Å²) in [5.74, 6) is -0.730. The number of benzene rings is 3. The molecule has 0 saturated carbocycles. The SMILES string of the molecule is Cc1ccc(COCCC2C[C@@H]3N(C(=O)NCc4ccccc4)CCC(CC#N)CC(=O)N3[C@@H](Cc3ccccc3)C2=O)cc1. The molecule has 3 aromatic rings. The molecule has 2 heterocycles. The number of ether oxygens (including phenoxy) is 1. The number of carbonyl (C=O) groups excluding carboxylic acids is 3. The first-order valence-corrected chi connectivity index (χ1v) is 15.9. The second-order valence-corrected chi connectivity index (χ2v) is 12.2. The highest BCUT2D eigenvalue weighted by Crippen LogP contribution is 2.35. The topological polar surface area (TPSA) is 103 Å². The lowest BCUT2D eigenvalue weighted by atomic mass is 9.81. The number of amides is 3. The molecular formula is C37H42N4O4. The Kier molecular flexibility index (Phi) is 11.0. The molecule has 2 unspecified atom stereocenters. The molecule has 234 valence electrons. The van der Waals surface area contributed by atoms with Gasteiger partial charge >= 0.3 is 6.03 Å². The summed E-state index contributed by atoms with van der Waals surface area (Å²) in [7, 11) is 0. The van der Waals surface area contributed by atoms with Crippen molar-refractivity contribution in [3.05, 3.63) is 107 Å². The first kappa shape index (κ1) is 31.9. The van der Waals surface area contributed by atoms with Crippen LogP contribution < -0.4 is 5.32 Å². The lowest BCUT2D eigenvalue weighted by Crippen LogP contribution is -2.66. The average Bonchev–Trinajstić information content (AvgIpc) is 3.05. The van der Waals surface area contributed by atoms with Gasteiger partial charge in [-0.3, -0.25) is 9.59 Å². The molecule has 45 heavy (non-hydrogen) atoms. The molecule has 0 spiro atoms. The number of nitrogens with one attached hydrogen (secondary N) is 1. The summed E-state index contributed by atoms with van der Waals surface area (Å²) in [6, 6.07) is 28.8. The van der Waals surface area contributed by atoms with Crippen molar-refractivity contribution in [2.24, 2.45) is 11.8 Å². The number of urea groups is 1. The van der Waals surface area contributed by atoms with Gasteiger partial charge in [0.15, 0.2) is 5.78 Å². The minimum atomic E-state index is -0.717. The number of nitrogens with zero attached hydrogens (tertiary/aromatic N) is 3. The van der Waals surface area contributed by atoms with Crippen molar-refractivity contribution in [3.63, 3.8) is 0 Å². The van der Waals surface area contributed by atoms with Crippen LogP contribution in [0.3, 0.4) is 0 Å². The number of nitriles is 1. The summed E-state index contributed by atoms with van der Waals surface area (Å²) < 4.78 is 6.01. The number of hydrogen-bond acceptors (Lipinski definition) is 5. The van der Waals surface area contributed by atoms with E-state index in [4.69, 9.17) is 4.74 Å². The Bertz CT molecular complexity index is 1470. The van der Waals surface area contributed by atoms with Crippen molar-refractivity contribution in [2.45, 2.75) is 70.8 Å². The van der Waals surface area contributed by atoms with E-state index in [1.54, 1.807) is 9.80 Å². The first-order chi connectivity index (χ1) is 21.9. The van der Waals surface area contributed by atoms with Gasteiger partial charge in [0.25, 0.3) is 0 Å². The minimum absolute atomic E-state index is 0.00411. The maximum atomic E-state index is 14.2. The number of rotatable bonds is 10. The maximum absolute atomic E-state index is 14.2. The molecule has 2 fully saturated rings. The molecule has 0 aliphatic carbocycles. The number of fused-ring (bicyclic) bond motifs is 1. The van der Waals surface area contributed by atoms with Gasteiger partial charge in [0.1, 0.15) is 6.17 Å². The van der Waals surface area contributed by atoms with Crippen molar-refractivity contribution < 1.29 is 19.1 Å². The van der Waals surface area contributed by atoms with E-state index in [-0.39, 0.29) is 42.4 Å². The fraction of sp³-hybridized carbons (Fsp3) is 0.405. The standard InChI is InChI=1S/C37H42N4O4/c1-27-12-14-31(15-13-27)26-45-21-18-32-24-34-40(37(44)39-25-30-10-6-3-7-11-30)20-17-29(16-19-38)23-35(42)41(34)33(36(32)43)22-28-8-4-2-5-9-28/h2-15,29,32-34H,16-18,20-26H2,1H3,(H,39,44)/t29?,32?,33-,34+/m0/s1. The van der Waals surface area contributed by atoms with Gasteiger partial charge in [0.2, 0.25) is 5.91 Å². The van der Waals surface area contributed by atoms with Gasteiger partial charge in [-0.25, -0.2) is 4.79 Å². The largest absolute Gasteiger partial charge is 0.377 e. The first-order valence-electron chi connectivity index (χ1n) is 15.9. The minimum Gasteiger partial charge on any atom is -0.377 e. The predicted molar refractivity (Wildman–Crippen MR) is 171 cm³/mol. The summed E-state index contributed by atoms with van der Waals surface area (Å²) in [6.07, 6.45) is 1.60. The second-order valence-electron chi connectivity index (χ2n) is 12.2. The summed E-state index contributed by atoms with van der Waals surface area (Å²) in [6.45, 7) is 3.64. The van der Waals surface area contributed by atoms with Crippen LogP contribution in [0.15, 0.2) is 84.9 Å². The van der Waals surface area contributed by atoms with Gasteiger partial charge in [-0.15, -0.1) is 0 Å². The maximum Gasteiger partial charge on any atom is 0.319 e. The van der Waals surface area contributed by atoms with Crippen LogP contribution in [0.2, 0.25) is 0 Å². The summed E-state index contributed by atoms with van der Waals surface area (Å²) in [5, 5.41) is 12.5. The summed E-state index contributed by atoms with van der Waals surface area (Å²) in [5.41, 5.74) is 4.18. The number of carbonyl (C=O) groups is 3. The summed E-state index contributed by atoms with van der Waals surface area (Å²) in [4.78, 5) is 45.5. The van der Waals surface area contributed by atoms with Crippen LogP contribution in [0.4, 0.5) is 4.79 Å². The Morgan fingerprint density at radius 2 is 1.64 bits per heavy atom. The highest BCUT2D eigenvalue weighted by molar-refractivity contribution is 5.93. The Labute approximate surface area is 266 Å². The smallest absolute Gasteiger partial charge is 0.319 e. The number of piperidine rings is 1. The second kappa shape index (κ2) is 15.5. The lowest BCUT2D eigenvalue weighted by molar-refractivity contribution is -0.157. The van der Waals surface area contributed by atoms with E-state index in [9.17, 15) is 19.6 Å². The average molecular weight is 607 g/mol.